The SMILES string of the molecule is CCCCN(C)C(=O)C1CC1C(=O)Nc1cc(Cl)ccc1OC. The van der Waals surface area contributed by atoms with Gasteiger partial charge in [-0.3, -0.25) is 9.59 Å². The Morgan fingerprint density at radius 3 is 2.78 bits per heavy atom. The average Bonchev–Trinajstić information content (AvgIpc) is 3.32. The molecule has 5 nitrogen and oxygen atoms in total. The molecule has 0 saturated heterocycles. The fraction of sp³-hybridized carbons (Fsp3) is 0.529. The Morgan fingerprint density at radius 1 is 1.39 bits per heavy atom. The van der Waals surface area contributed by atoms with Crippen molar-refractivity contribution in [1.82, 2.24) is 4.90 Å². The van der Waals surface area contributed by atoms with Gasteiger partial charge in [0.15, 0.2) is 0 Å². The molecule has 1 aromatic rings. The van der Waals surface area contributed by atoms with Crippen molar-refractivity contribution in [3.05, 3.63) is 23.2 Å². The minimum Gasteiger partial charge on any atom is -0.495 e. The molecular weight excluding hydrogens is 316 g/mol. The molecule has 0 aromatic heterocycles. The maximum atomic E-state index is 12.3. The first-order valence-corrected chi connectivity index (χ1v) is 8.25. The second kappa shape index (κ2) is 7.68. The molecule has 2 rings (SSSR count). The van der Waals surface area contributed by atoms with Crippen LogP contribution in [0.5, 0.6) is 5.75 Å². The zero-order valence-electron chi connectivity index (χ0n) is 13.8. The van der Waals surface area contributed by atoms with Gasteiger partial charge in [-0.2, -0.15) is 0 Å². The lowest BCUT2D eigenvalue weighted by atomic mass is 10.2. The Labute approximate surface area is 141 Å². The highest BCUT2D eigenvalue weighted by Gasteiger charge is 2.49. The highest BCUT2D eigenvalue weighted by molar-refractivity contribution is 6.31. The molecule has 2 unspecified atom stereocenters. The van der Waals surface area contributed by atoms with Gasteiger partial charge in [0.2, 0.25) is 11.8 Å². The summed E-state index contributed by atoms with van der Waals surface area (Å²) in [5, 5.41) is 3.33. The second-order valence-corrected chi connectivity index (χ2v) is 6.33. The van der Waals surface area contributed by atoms with E-state index in [1.165, 1.54) is 7.11 Å². The van der Waals surface area contributed by atoms with Crippen LogP contribution < -0.4 is 10.1 Å². The molecule has 0 radical (unpaired) electrons. The molecular formula is C17H23ClN2O3. The Kier molecular flexibility index (Phi) is 5.88. The van der Waals surface area contributed by atoms with E-state index >= 15 is 0 Å². The van der Waals surface area contributed by atoms with Crippen molar-refractivity contribution in [2.75, 3.05) is 26.0 Å². The van der Waals surface area contributed by atoms with E-state index in [9.17, 15) is 9.59 Å². The summed E-state index contributed by atoms with van der Waals surface area (Å²) in [6, 6.07) is 5.04. The van der Waals surface area contributed by atoms with Gasteiger partial charge in [0.1, 0.15) is 5.75 Å². The van der Waals surface area contributed by atoms with E-state index < -0.39 is 0 Å². The number of nitrogens with zero attached hydrogens (tertiary/aromatic N) is 1. The molecule has 0 heterocycles. The number of halogens is 1. The van der Waals surface area contributed by atoms with Crippen LogP contribution in [0.4, 0.5) is 5.69 Å². The Hall–Kier alpha value is -1.75. The van der Waals surface area contributed by atoms with Gasteiger partial charge >= 0.3 is 0 Å². The molecule has 0 aliphatic heterocycles. The van der Waals surface area contributed by atoms with Crippen LogP contribution in [0.3, 0.4) is 0 Å². The fourth-order valence-electron chi connectivity index (χ4n) is 2.55. The monoisotopic (exact) mass is 338 g/mol. The molecule has 126 valence electrons. The average molecular weight is 339 g/mol. The van der Waals surface area contributed by atoms with Crippen LogP contribution in [0.25, 0.3) is 0 Å². The number of hydrogen-bond donors (Lipinski definition) is 1. The first-order chi connectivity index (χ1) is 11.0. The van der Waals surface area contributed by atoms with E-state index in [1.54, 1.807) is 30.1 Å². The maximum absolute atomic E-state index is 12.3. The number of anilines is 1. The van der Waals surface area contributed by atoms with Crippen LogP contribution >= 0.6 is 11.6 Å². The predicted molar refractivity (Wildman–Crippen MR) is 90.8 cm³/mol. The first kappa shape index (κ1) is 17.6. The quantitative estimate of drug-likeness (QED) is 0.830. The molecule has 2 atom stereocenters. The molecule has 1 N–H and O–H groups in total. The molecule has 23 heavy (non-hydrogen) atoms. The summed E-state index contributed by atoms with van der Waals surface area (Å²) in [5.74, 6) is -0.0342. The Bertz CT molecular complexity index is 591. The van der Waals surface area contributed by atoms with Crippen LogP contribution in [0.2, 0.25) is 5.02 Å². The van der Waals surface area contributed by atoms with Gasteiger partial charge in [-0.1, -0.05) is 24.9 Å². The fourth-order valence-corrected chi connectivity index (χ4v) is 2.72. The number of rotatable bonds is 7. The van der Waals surface area contributed by atoms with Gasteiger partial charge in [0.25, 0.3) is 0 Å². The highest BCUT2D eigenvalue weighted by atomic mass is 35.5. The Morgan fingerprint density at radius 2 is 2.13 bits per heavy atom. The maximum Gasteiger partial charge on any atom is 0.228 e. The van der Waals surface area contributed by atoms with E-state index in [1.807, 2.05) is 0 Å². The van der Waals surface area contributed by atoms with Crippen molar-refractivity contribution in [3.8, 4) is 5.75 Å². The zero-order chi connectivity index (χ0) is 17.0. The smallest absolute Gasteiger partial charge is 0.228 e. The largest absolute Gasteiger partial charge is 0.495 e. The third-order valence-corrected chi connectivity index (χ3v) is 4.32. The number of nitrogens with one attached hydrogen (secondary N) is 1. The summed E-state index contributed by atoms with van der Waals surface area (Å²) in [6.45, 7) is 2.83. The van der Waals surface area contributed by atoms with E-state index in [2.05, 4.69) is 12.2 Å². The predicted octanol–water partition coefficient (Wildman–Crippen LogP) is 3.18. The van der Waals surface area contributed by atoms with Gasteiger partial charge in [0.05, 0.1) is 24.6 Å². The lowest BCUT2D eigenvalue weighted by Gasteiger charge is -2.16. The standard InChI is InChI=1S/C17H23ClN2O3/c1-4-5-8-20(2)17(22)13-10-12(13)16(21)19-14-9-11(18)6-7-15(14)23-3/h6-7,9,12-13H,4-5,8,10H2,1-3H3,(H,19,21). The molecule has 1 aromatic carbocycles. The molecule has 1 aliphatic rings. The molecule has 6 heteroatoms. The van der Waals surface area contributed by atoms with Crippen LogP contribution in [0, 0.1) is 11.8 Å². The number of carbonyl (C=O) groups is 2. The van der Waals surface area contributed by atoms with Crippen molar-refractivity contribution in [3.63, 3.8) is 0 Å². The van der Waals surface area contributed by atoms with Gasteiger partial charge in [-0.05, 0) is 31.0 Å². The summed E-state index contributed by atoms with van der Waals surface area (Å²) in [7, 11) is 3.33. The van der Waals surface area contributed by atoms with Crippen molar-refractivity contribution in [1.29, 1.82) is 0 Å². The second-order valence-electron chi connectivity index (χ2n) is 5.90. The minimum atomic E-state index is -0.268. The van der Waals surface area contributed by atoms with Gasteiger partial charge < -0.3 is 15.0 Å². The van der Waals surface area contributed by atoms with E-state index in [4.69, 9.17) is 16.3 Å². The third-order valence-electron chi connectivity index (χ3n) is 4.09. The van der Waals surface area contributed by atoms with Crippen LogP contribution in [0.15, 0.2) is 18.2 Å². The van der Waals surface area contributed by atoms with Crippen LogP contribution in [0.1, 0.15) is 26.2 Å². The number of unbranched alkanes of at least 4 members (excludes halogenated alkanes) is 1. The van der Waals surface area contributed by atoms with Crippen molar-refractivity contribution in [2.45, 2.75) is 26.2 Å². The van der Waals surface area contributed by atoms with Crippen molar-refractivity contribution in [2.24, 2.45) is 11.8 Å². The summed E-state index contributed by atoms with van der Waals surface area (Å²) in [5.41, 5.74) is 0.530. The summed E-state index contributed by atoms with van der Waals surface area (Å²) in [6.07, 6.45) is 2.62. The molecule has 1 aliphatic carbocycles. The molecule has 1 fully saturated rings. The Balaban J connectivity index is 1.94. The molecule has 1 saturated carbocycles. The first-order valence-electron chi connectivity index (χ1n) is 7.87. The minimum absolute atomic E-state index is 0.0525. The number of amides is 2. The zero-order valence-corrected chi connectivity index (χ0v) is 14.5. The summed E-state index contributed by atoms with van der Waals surface area (Å²) < 4.78 is 5.21. The summed E-state index contributed by atoms with van der Waals surface area (Å²) >= 11 is 5.95. The topological polar surface area (TPSA) is 58.6 Å². The number of ether oxygens (including phenoxy) is 1. The molecule has 2 amide bonds. The van der Waals surface area contributed by atoms with Gasteiger partial charge in [0, 0.05) is 18.6 Å². The number of methoxy groups -OCH3 is 1. The van der Waals surface area contributed by atoms with Crippen molar-refractivity contribution >= 4 is 29.1 Å². The summed E-state index contributed by atoms with van der Waals surface area (Å²) in [4.78, 5) is 26.3. The van der Waals surface area contributed by atoms with Gasteiger partial charge in [-0.15, -0.1) is 0 Å². The number of benzene rings is 1. The normalized spacial score (nSPS) is 19.1. The molecule has 0 bridgehead atoms. The van der Waals surface area contributed by atoms with E-state index in [-0.39, 0.29) is 23.7 Å². The number of carbonyl (C=O) groups excluding carboxylic acids is 2. The van der Waals surface area contributed by atoms with Crippen LogP contribution in [-0.4, -0.2) is 37.4 Å². The number of hydrogen-bond acceptors (Lipinski definition) is 3. The third kappa shape index (κ3) is 4.38. The highest BCUT2D eigenvalue weighted by Crippen LogP contribution is 2.41. The lowest BCUT2D eigenvalue weighted by molar-refractivity contribution is -0.132. The van der Waals surface area contributed by atoms with E-state index in [0.717, 1.165) is 19.4 Å². The van der Waals surface area contributed by atoms with Crippen molar-refractivity contribution < 1.29 is 14.3 Å². The van der Waals surface area contributed by atoms with Gasteiger partial charge in [-0.25, -0.2) is 0 Å². The van der Waals surface area contributed by atoms with Crippen LogP contribution in [-0.2, 0) is 9.59 Å². The van der Waals surface area contributed by atoms with E-state index in [0.29, 0.717) is 22.9 Å². The molecule has 0 spiro atoms. The lowest BCUT2D eigenvalue weighted by Crippen LogP contribution is -2.30.